The molecular formula is C17H18F3N3O6S. The molecule has 1 aromatic heterocycles. The lowest BCUT2D eigenvalue weighted by Crippen LogP contribution is -2.45. The number of ketones is 1. The minimum atomic E-state index is -4.76. The number of carbonyl (C=O) groups excluding carboxylic acids is 1. The number of nitrogens with zero attached hydrogens (tertiary/aromatic N) is 1. The third-order valence-corrected chi connectivity index (χ3v) is 5.79. The van der Waals surface area contributed by atoms with Crippen molar-refractivity contribution in [1.82, 2.24) is 9.66 Å². The Morgan fingerprint density at radius 3 is 2.60 bits per heavy atom. The molecule has 0 saturated carbocycles. The molecule has 13 heteroatoms. The highest BCUT2D eigenvalue weighted by Gasteiger charge is 2.37. The van der Waals surface area contributed by atoms with Crippen molar-refractivity contribution in [3.05, 3.63) is 44.1 Å². The van der Waals surface area contributed by atoms with Gasteiger partial charge in [-0.25, -0.2) is 18.0 Å². The highest BCUT2D eigenvalue weighted by Crippen LogP contribution is 2.40. The van der Waals surface area contributed by atoms with Crippen molar-refractivity contribution in [2.75, 3.05) is 17.2 Å². The molecule has 2 N–H and O–H groups in total. The monoisotopic (exact) mass is 449 g/mol. The van der Waals surface area contributed by atoms with Gasteiger partial charge >= 0.3 is 11.9 Å². The van der Waals surface area contributed by atoms with Crippen molar-refractivity contribution >= 4 is 26.7 Å². The second-order valence-electron chi connectivity index (χ2n) is 6.80. The first-order valence-electron chi connectivity index (χ1n) is 8.97. The van der Waals surface area contributed by atoms with Crippen LogP contribution in [-0.4, -0.2) is 36.2 Å². The van der Waals surface area contributed by atoms with Gasteiger partial charge in [0.15, 0.2) is 0 Å². The zero-order valence-corrected chi connectivity index (χ0v) is 16.5. The van der Waals surface area contributed by atoms with Gasteiger partial charge < -0.3 is 9.72 Å². The second kappa shape index (κ2) is 7.87. The third-order valence-electron chi connectivity index (χ3n) is 4.63. The number of hydrogen-bond acceptors (Lipinski definition) is 6. The summed E-state index contributed by atoms with van der Waals surface area (Å²) in [6.07, 6.45) is -4.86. The van der Waals surface area contributed by atoms with Crippen molar-refractivity contribution in [2.45, 2.75) is 38.5 Å². The molecule has 0 spiro atoms. The van der Waals surface area contributed by atoms with Crippen LogP contribution >= 0.6 is 0 Å². The summed E-state index contributed by atoms with van der Waals surface area (Å²) in [5, 5.41) is -0.336. The number of alkyl halides is 3. The quantitative estimate of drug-likeness (QED) is 0.687. The fourth-order valence-corrected chi connectivity index (χ4v) is 4.32. The number of halogens is 3. The van der Waals surface area contributed by atoms with Crippen LogP contribution in [0.4, 0.5) is 13.2 Å². The third kappa shape index (κ3) is 4.41. The number of H-pyrrole nitrogens is 1. The highest BCUT2D eigenvalue weighted by molar-refractivity contribution is 7.93. The number of fused-ring (bicyclic) bond motifs is 1. The van der Waals surface area contributed by atoms with E-state index in [9.17, 15) is 36.0 Å². The molecule has 1 atom stereocenters. The Hall–Kier alpha value is -2.67. The number of nitrogens with one attached hydrogen (secondary N) is 2. The van der Waals surface area contributed by atoms with E-state index in [2.05, 4.69) is 4.98 Å². The maximum Gasteiger partial charge on any atom is 0.416 e. The number of aromatic amines is 1. The number of ether oxygens (including phenoxy) is 1. The fourth-order valence-electron chi connectivity index (χ4n) is 3.18. The number of hydrogen-bond donors (Lipinski definition) is 2. The zero-order valence-electron chi connectivity index (χ0n) is 15.7. The second-order valence-corrected chi connectivity index (χ2v) is 8.50. The molecule has 2 heterocycles. The Labute approximate surface area is 167 Å². The summed E-state index contributed by atoms with van der Waals surface area (Å²) >= 11 is 0. The summed E-state index contributed by atoms with van der Waals surface area (Å²) in [6, 6.07) is 1.59. The predicted molar refractivity (Wildman–Crippen MR) is 100 cm³/mol. The van der Waals surface area contributed by atoms with Gasteiger partial charge in [0.25, 0.3) is 15.6 Å². The Morgan fingerprint density at radius 1 is 1.33 bits per heavy atom. The van der Waals surface area contributed by atoms with Crippen molar-refractivity contribution in [3.8, 4) is 0 Å². The fraction of sp³-hybridized carbons (Fsp3) is 0.471. The standard InChI is InChI=1S/C17H18F3N3O6S/c1-2-9(24)8-30(27,28)22-23-15(25)11-6-10(14-4-3-5-29-14)12(17(18,19)20)7-13(11)21-16(23)26/h6-7,14,22H,2-5,8H2,1H3,(H,21,26). The van der Waals surface area contributed by atoms with E-state index in [1.54, 1.807) is 4.83 Å². The molecule has 1 unspecified atom stereocenters. The van der Waals surface area contributed by atoms with Crippen LogP contribution < -0.4 is 16.1 Å². The molecule has 164 valence electrons. The SMILES string of the molecule is CCC(=O)CS(=O)(=O)Nn1c(=O)[nH]c2cc(C(F)(F)F)c(C3CCCO3)cc2c1=O. The van der Waals surface area contributed by atoms with Gasteiger partial charge in [-0.1, -0.05) is 6.92 Å². The van der Waals surface area contributed by atoms with E-state index in [0.29, 0.717) is 18.9 Å². The molecule has 0 amide bonds. The summed E-state index contributed by atoms with van der Waals surface area (Å²) in [5.74, 6) is -1.61. The molecule has 0 bridgehead atoms. The maximum absolute atomic E-state index is 13.5. The van der Waals surface area contributed by atoms with Gasteiger partial charge in [0.2, 0.25) is 0 Å². The van der Waals surface area contributed by atoms with Crippen molar-refractivity contribution < 1.29 is 31.1 Å². The van der Waals surface area contributed by atoms with E-state index < -0.39 is 56.2 Å². The van der Waals surface area contributed by atoms with Gasteiger partial charge in [-0.2, -0.15) is 17.8 Å². The van der Waals surface area contributed by atoms with Gasteiger partial charge in [-0.15, -0.1) is 0 Å². The smallest absolute Gasteiger partial charge is 0.374 e. The number of Topliss-reactive ketones (excluding diaryl/α,β-unsaturated/α-hetero) is 1. The lowest BCUT2D eigenvalue weighted by Gasteiger charge is -2.18. The number of rotatable bonds is 6. The van der Waals surface area contributed by atoms with Gasteiger partial charge in [0.1, 0.15) is 11.5 Å². The van der Waals surface area contributed by atoms with Gasteiger partial charge in [0, 0.05) is 13.0 Å². The summed E-state index contributed by atoms with van der Waals surface area (Å²) in [6.45, 7) is 1.71. The first-order chi connectivity index (χ1) is 13.9. The molecule has 1 aliphatic heterocycles. The average molecular weight is 449 g/mol. The first kappa shape index (κ1) is 22.0. The zero-order chi connectivity index (χ0) is 22.3. The number of sulfonamides is 1. The normalized spacial score (nSPS) is 17.4. The predicted octanol–water partition coefficient (Wildman–Crippen LogP) is 1.41. The van der Waals surface area contributed by atoms with Crippen molar-refractivity contribution in [3.63, 3.8) is 0 Å². The summed E-state index contributed by atoms with van der Waals surface area (Å²) in [5.41, 5.74) is -4.19. The molecule has 1 aliphatic rings. The van der Waals surface area contributed by atoms with Crippen LogP contribution in [0.1, 0.15) is 43.4 Å². The van der Waals surface area contributed by atoms with Crippen LogP contribution in [-0.2, 0) is 25.7 Å². The Bertz CT molecular complexity index is 1210. The maximum atomic E-state index is 13.5. The van der Waals surface area contributed by atoms with Crippen LogP contribution in [0.25, 0.3) is 10.9 Å². The minimum Gasteiger partial charge on any atom is -0.374 e. The van der Waals surface area contributed by atoms with Crippen LogP contribution in [0.5, 0.6) is 0 Å². The van der Waals surface area contributed by atoms with E-state index in [4.69, 9.17) is 4.74 Å². The molecule has 1 saturated heterocycles. The largest absolute Gasteiger partial charge is 0.416 e. The van der Waals surface area contributed by atoms with Crippen LogP contribution in [0.2, 0.25) is 0 Å². The van der Waals surface area contributed by atoms with E-state index in [0.717, 1.165) is 6.07 Å². The Balaban J connectivity index is 2.18. The Kier molecular flexibility index (Phi) is 5.78. The van der Waals surface area contributed by atoms with Crippen LogP contribution in [0.3, 0.4) is 0 Å². The molecule has 1 fully saturated rings. The average Bonchev–Trinajstić information content (AvgIpc) is 3.17. The van der Waals surface area contributed by atoms with Crippen LogP contribution in [0, 0.1) is 0 Å². The minimum absolute atomic E-state index is 0.0745. The molecule has 1 aromatic carbocycles. The number of carbonyl (C=O) groups is 1. The topological polar surface area (TPSA) is 127 Å². The summed E-state index contributed by atoms with van der Waals surface area (Å²) in [7, 11) is -4.38. The van der Waals surface area contributed by atoms with Crippen molar-refractivity contribution in [1.29, 1.82) is 0 Å². The number of aromatic nitrogens is 2. The van der Waals surface area contributed by atoms with E-state index in [-0.39, 0.29) is 28.7 Å². The van der Waals surface area contributed by atoms with Gasteiger partial charge in [0.05, 0.1) is 22.6 Å². The summed E-state index contributed by atoms with van der Waals surface area (Å²) in [4.78, 5) is 40.1. The van der Waals surface area contributed by atoms with Gasteiger partial charge in [-0.3, -0.25) is 9.59 Å². The first-order valence-corrected chi connectivity index (χ1v) is 10.6. The van der Waals surface area contributed by atoms with E-state index in [1.165, 1.54) is 6.92 Å². The molecule has 30 heavy (non-hydrogen) atoms. The van der Waals surface area contributed by atoms with Crippen molar-refractivity contribution in [2.24, 2.45) is 0 Å². The molecular weight excluding hydrogens is 431 g/mol. The molecule has 3 rings (SSSR count). The lowest BCUT2D eigenvalue weighted by molar-refractivity contribution is -0.139. The number of benzene rings is 1. The molecule has 0 aliphatic carbocycles. The molecule has 2 aromatic rings. The van der Waals surface area contributed by atoms with Crippen LogP contribution in [0.15, 0.2) is 21.7 Å². The Morgan fingerprint density at radius 2 is 2.03 bits per heavy atom. The highest BCUT2D eigenvalue weighted by atomic mass is 32.2. The lowest BCUT2D eigenvalue weighted by atomic mass is 9.97. The van der Waals surface area contributed by atoms with E-state index >= 15 is 0 Å². The molecule has 9 nitrogen and oxygen atoms in total. The van der Waals surface area contributed by atoms with E-state index in [1.807, 2.05) is 0 Å². The summed E-state index contributed by atoms with van der Waals surface area (Å²) < 4.78 is 70.2. The molecule has 0 radical (unpaired) electrons. The van der Waals surface area contributed by atoms with Gasteiger partial charge in [-0.05, 0) is 30.5 Å².